The maximum Gasteiger partial charge on any atom is 0.287 e. The van der Waals surface area contributed by atoms with Crippen LogP contribution in [-0.2, 0) is 11.3 Å². The van der Waals surface area contributed by atoms with Crippen LogP contribution < -0.4 is 10.9 Å². The van der Waals surface area contributed by atoms with Crippen molar-refractivity contribution in [2.75, 3.05) is 5.32 Å². The van der Waals surface area contributed by atoms with E-state index in [1.54, 1.807) is 0 Å². The zero-order valence-corrected chi connectivity index (χ0v) is 13.1. The average Bonchev–Trinajstić information content (AvgIpc) is 2.48. The molecule has 1 aromatic heterocycles. The van der Waals surface area contributed by atoms with Gasteiger partial charge in [-0.2, -0.15) is 10.4 Å². The molecule has 0 fully saturated rings. The Hall–Kier alpha value is -2.07. The van der Waals surface area contributed by atoms with Crippen molar-refractivity contribution in [3.63, 3.8) is 0 Å². The Morgan fingerprint density at radius 3 is 2.77 bits per heavy atom. The van der Waals surface area contributed by atoms with E-state index in [4.69, 9.17) is 40.1 Å². The third-order valence-corrected chi connectivity index (χ3v) is 3.60. The lowest BCUT2D eigenvalue weighted by atomic mass is 10.2. The Morgan fingerprint density at radius 1 is 1.36 bits per heavy atom. The van der Waals surface area contributed by atoms with Crippen LogP contribution in [0.1, 0.15) is 5.56 Å². The molecule has 9 heteroatoms. The number of halogens is 3. The van der Waals surface area contributed by atoms with E-state index in [9.17, 15) is 9.59 Å². The molecule has 1 N–H and O–H groups in total. The molecule has 0 bridgehead atoms. The fraction of sp³-hybridized carbons (Fsp3) is 0.0769. The third kappa shape index (κ3) is 3.57. The Balaban J connectivity index is 2.22. The maximum atomic E-state index is 12.0. The molecule has 1 aromatic carbocycles. The Labute approximate surface area is 139 Å². The Bertz CT molecular complexity index is 842. The molecule has 2 aromatic rings. The van der Waals surface area contributed by atoms with Gasteiger partial charge >= 0.3 is 0 Å². The summed E-state index contributed by atoms with van der Waals surface area (Å²) in [7, 11) is 0. The predicted molar refractivity (Wildman–Crippen MR) is 83.3 cm³/mol. The highest BCUT2D eigenvalue weighted by atomic mass is 35.5. The summed E-state index contributed by atoms with van der Waals surface area (Å²) in [4.78, 5) is 23.8. The number of benzene rings is 1. The summed E-state index contributed by atoms with van der Waals surface area (Å²) in [5.74, 6) is -0.563. The van der Waals surface area contributed by atoms with Gasteiger partial charge in [0.05, 0.1) is 22.5 Å². The quantitative estimate of drug-likeness (QED) is 0.915. The Morgan fingerprint density at radius 2 is 2.09 bits per heavy atom. The standard InChI is InChI=1S/C13H7Cl3N4O2/c14-8-2-1-7(4-17)10(3-8)19-11(21)6-20-13(22)12(16)9(15)5-18-20/h1-3,5H,6H2,(H,19,21). The Kier molecular flexibility index (Phi) is 5.03. The highest BCUT2D eigenvalue weighted by molar-refractivity contribution is 6.41. The van der Waals surface area contributed by atoms with Crippen LogP contribution in [0.2, 0.25) is 15.1 Å². The number of rotatable bonds is 3. The van der Waals surface area contributed by atoms with Crippen molar-refractivity contribution in [3.05, 3.63) is 55.4 Å². The molecule has 112 valence electrons. The third-order valence-electron chi connectivity index (χ3n) is 2.61. The summed E-state index contributed by atoms with van der Waals surface area (Å²) in [5, 5.41) is 15.3. The fourth-order valence-electron chi connectivity index (χ4n) is 1.60. The van der Waals surface area contributed by atoms with Gasteiger partial charge in [-0.25, -0.2) is 4.68 Å². The van der Waals surface area contributed by atoms with Gasteiger partial charge in [0, 0.05) is 5.02 Å². The van der Waals surface area contributed by atoms with Gasteiger partial charge in [-0.05, 0) is 18.2 Å². The SMILES string of the molecule is N#Cc1ccc(Cl)cc1NC(=O)Cn1ncc(Cl)c(Cl)c1=O. The minimum atomic E-state index is -0.684. The molecule has 0 aliphatic carbocycles. The summed E-state index contributed by atoms with van der Waals surface area (Å²) in [6.07, 6.45) is 1.17. The minimum Gasteiger partial charge on any atom is -0.323 e. The van der Waals surface area contributed by atoms with E-state index in [1.165, 1.54) is 24.4 Å². The smallest absolute Gasteiger partial charge is 0.287 e. The lowest BCUT2D eigenvalue weighted by Gasteiger charge is -2.09. The van der Waals surface area contributed by atoms with E-state index in [2.05, 4.69) is 10.4 Å². The van der Waals surface area contributed by atoms with Gasteiger partial charge in [-0.3, -0.25) is 9.59 Å². The fourth-order valence-corrected chi connectivity index (χ4v) is 2.04. The zero-order chi connectivity index (χ0) is 16.3. The molecular weight excluding hydrogens is 351 g/mol. The van der Waals surface area contributed by atoms with Gasteiger partial charge in [0.25, 0.3) is 5.56 Å². The van der Waals surface area contributed by atoms with E-state index >= 15 is 0 Å². The predicted octanol–water partition coefficient (Wildman–Crippen LogP) is 2.71. The molecule has 0 radical (unpaired) electrons. The summed E-state index contributed by atoms with van der Waals surface area (Å²) in [6, 6.07) is 6.36. The van der Waals surface area contributed by atoms with Crippen LogP contribution in [0.5, 0.6) is 0 Å². The normalized spacial score (nSPS) is 10.1. The van der Waals surface area contributed by atoms with Crippen LogP contribution in [0.3, 0.4) is 0 Å². The molecule has 0 unspecified atom stereocenters. The molecule has 0 spiro atoms. The number of hydrogen-bond donors (Lipinski definition) is 1. The lowest BCUT2D eigenvalue weighted by molar-refractivity contribution is -0.117. The van der Waals surface area contributed by atoms with Gasteiger partial charge in [0.1, 0.15) is 17.6 Å². The minimum absolute atomic E-state index is 0.00457. The molecule has 0 saturated carbocycles. The van der Waals surface area contributed by atoms with Crippen molar-refractivity contribution in [2.24, 2.45) is 0 Å². The van der Waals surface area contributed by atoms with Gasteiger partial charge in [-0.1, -0.05) is 34.8 Å². The molecule has 1 amide bonds. The van der Waals surface area contributed by atoms with Gasteiger partial charge in [-0.15, -0.1) is 0 Å². The van der Waals surface area contributed by atoms with Crippen molar-refractivity contribution in [3.8, 4) is 6.07 Å². The van der Waals surface area contributed by atoms with E-state index in [-0.39, 0.29) is 27.8 Å². The second-order valence-corrected chi connectivity index (χ2v) is 5.34. The second-order valence-electron chi connectivity index (χ2n) is 4.12. The van der Waals surface area contributed by atoms with Gasteiger partial charge in [0.2, 0.25) is 5.91 Å². The van der Waals surface area contributed by atoms with E-state index in [0.29, 0.717) is 5.02 Å². The topological polar surface area (TPSA) is 87.8 Å². The largest absolute Gasteiger partial charge is 0.323 e. The first-order chi connectivity index (χ1) is 10.4. The van der Waals surface area contributed by atoms with E-state index < -0.39 is 11.5 Å². The second kappa shape index (κ2) is 6.79. The van der Waals surface area contributed by atoms with Crippen LogP contribution in [0.25, 0.3) is 0 Å². The summed E-state index contributed by atoms with van der Waals surface area (Å²) in [6.45, 7) is -0.382. The molecule has 0 saturated heterocycles. The molecule has 0 atom stereocenters. The first-order valence-electron chi connectivity index (χ1n) is 5.83. The van der Waals surface area contributed by atoms with Crippen molar-refractivity contribution >= 4 is 46.4 Å². The van der Waals surface area contributed by atoms with Gasteiger partial charge < -0.3 is 5.32 Å². The number of nitriles is 1. The highest BCUT2D eigenvalue weighted by Crippen LogP contribution is 2.20. The van der Waals surface area contributed by atoms with Crippen LogP contribution in [0.15, 0.2) is 29.2 Å². The number of nitrogens with zero attached hydrogens (tertiary/aromatic N) is 3. The van der Waals surface area contributed by atoms with Crippen molar-refractivity contribution in [1.82, 2.24) is 9.78 Å². The van der Waals surface area contributed by atoms with Crippen LogP contribution in [0.4, 0.5) is 5.69 Å². The van der Waals surface area contributed by atoms with E-state index in [0.717, 1.165) is 4.68 Å². The highest BCUT2D eigenvalue weighted by Gasteiger charge is 2.12. The molecule has 0 aliphatic rings. The number of carbonyl (C=O) groups excluding carboxylic acids is 1. The van der Waals surface area contributed by atoms with E-state index in [1.807, 2.05) is 6.07 Å². The first kappa shape index (κ1) is 16.3. The van der Waals surface area contributed by atoms with Crippen LogP contribution >= 0.6 is 34.8 Å². The number of amides is 1. The maximum absolute atomic E-state index is 12.0. The van der Waals surface area contributed by atoms with Gasteiger partial charge in [0.15, 0.2) is 0 Å². The monoisotopic (exact) mass is 356 g/mol. The number of nitrogens with one attached hydrogen (secondary N) is 1. The first-order valence-corrected chi connectivity index (χ1v) is 6.96. The van der Waals surface area contributed by atoms with Crippen LogP contribution in [-0.4, -0.2) is 15.7 Å². The molecule has 6 nitrogen and oxygen atoms in total. The number of anilines is 1. The number of aromatic nitrogens is 2. The molecule has 0 aliphatic heterocycles. The number of hydrogen-bond acceptors (Lipinski definition) is 4. The average molecular weight is 358 g/mol. The number of carbonyl (C=O) groups is 1. The molecule has 2 rings (SSSR count). The zero-order valence-electron chi connectivity index (χ0n) is 10.8. The molecule has 1 heterocycles. The molecular formula is C13H7Cl3N4O2. The van der Waals surface area contributed by atoms with Crippen molar-refractivity contribution in [2.45, 2.75) is 6.54 Å². The lowest BCUT2D eigenvalue weighted by Crippen LogP contribution is -2.30. The summed E-state index contributed by atoms with van der Waals surface area (Å²) >= 11 is 17.2. The summed E-state index contributed by atoms with van der Waals surface area (Å²) in [5.41, 5.74) is -0.198. The van der Waals surface area contributed by atoms with Crippen molar-refractivity contribution < 1.29 is 4.79 Å². The summed E-state index contributed by atoms with van der Waals surface area (Å²) < 4.78 is 0.861. The van der Waals surface area contributed by atoms with Crippen LogP contribution in [0, 0.1) is 11.3 Å². The van der Waals surface area contributed by atoms with Crippen molar-refractivity contribution in [1.29, 1.82) is 5.26 Å². The molecule has 22 heavy (non-hydrogen) atoms.